The molecule has 0 saturated carbocycles. The fourth-order valence-corrected chi connectivity index (χ4v) is 1.78. The number of hydrogen-bond acceptors (Lipinski definition) is 2. The quantitative estimate of drug-likeness (QED) is 0.765. The van der Waals surface area contributed by atoms with Gasteiger partial charge in [-0.15, -0.1) is 0 Å². The topological polar surface area (TPSA) is 20.3 Å². The zero-order valence-corrected chi connectivity index (χ0v) is 10.0. The second kappa shape index (κ2) is 5.75. The largest absolute Gasteiger partial charge is 0.302 e. The Labute approximate surface area is 96.1 Å². The lowest BCUT2D eigenvalue weighted by Gasteiger charge is -2.24. The Kier molecular flexibility index (Phi) is 4.62. The summed E-state index contributed by atoms with van der Waals surface area (Å²) < 4.78 is 13.6. The summed E-state index contributed by atoms with van der Waals surface area (Å²) in [6.07, 6.45) is 1.14. The van der Waals surface area contributed by atoms with E-state index in [0.29, 0.717) is 18.4 Å². The minimum Gasteiger partial charge on any atom is -0.302 e. The number of ketones is 1. The molecule has 1 unspecified atom stereocenters. The molecule has 0 aliphatic rings. The summed E-state index contributed by atoms with van der Waals surface area (Å²) in [6.45, 7) is 1.56. The monoisotopic (exact) mass is 223 g/mol. The van der Waals surface area contributed by atoms with Gasteiger partial charge in [0.1, 0.15) is 11.6 Å². The highest BCUT2D eigenvalue weighted by Crippen LogP contribution is 2.25. The molecule has 0 aliphatic carbocycles. The van der Waals surface area contributed by atoms with Crippen LogP contribution in [0, 0.1) is 5.82 Å². The van der Waals surface area contributed by atoms with Crippen molar-refractivity contribution in [3.63, 3.8) is 0 Å². The molecule has 0 heterocycles. The molecule has 16 heavy (non-hydrogen) atoms. The highest BCUT2D eigenvalue weighted by atomic mass is 19.1. The van der Waals surface area contributed by atoms with Crippen molar-refractivity contribution in [1.29, 1.82) is 0 Å². The first-order valence-corrected chi connectivity index (χ1v) is 5.42. The molecule has 0 aromatic heterocycles. The van der Waals surface area contributed by atoms with Crippen LogP contribution in [0.3, 0.4) is 0 Å². The summed E-state index contributed by atoms with van der Waals surface area (Å²) in [4.78, 5) is 12.9. The number of carbonyl (C=O) groups excluding carboxylic acids is 1. The van der Waals surface area contributed by atoms with E-state index in [1.165, 1.54) is 6.07 Å². The van der Waals surface area contributed by atoms with Crippen molar-refractivity contribution in [3.05, 3.63) is 35.6 Å². The van der Waals surface area contributed by atoms with Crippen LogP contribution in [-0.4, -0.2) is 24.8 Å². The maximum Gasteiger partial charge on any atom is 0.129 e. The Hall–Kier alpha value is -1.22. The van der Waals surface area contributed by atoms with Gasteiger partial charge in [-0.3, -0.25) is 0 Å². The van der Waals surface area contributed by atoms with Gasteiger partial charge in [-0.2, -0.15) is 0 Å². The molecule has 88 valence electrons. The van der Waals surface area contributed by atoms with Crippen molar-refractivity contribution in [2.45, 2.75) is 25.8 Å². The summed E-state index contributed by atoms with van der Waals surface area (Å²) >= 11 is 0. The summed E-state index contributed by atoms with van der Waals surface area (Å²) in [5, 5.41) is 0. The lowest BCUT2D eigenvalue weighted by molar-refractivity contribution is -0.117. The number of Topliss-reactive ketones (excluding diaryl/α,β-unsaturated/α-hetero) is 1. The Bertz CT molecular complexity index is 363. The predicted molar refractivity (Wildman–Crippen MR) is 62.7 cm³/mol. The van der Waals surface area contributed by atoms with Crippen LogP contribution in [-0.2, 0) is 4.79 Å². The third kappa shape index (κ3) is 3.42. The van der Waals surface area contributed by atoms with E-state index in [-0.39, 0.29) is 17.6 Å². The van der Waals surface area contributed by atoms with Gasteiger partial charge in [0.2, 0.25) is 0 Å². The van der Waals surface area contributed by atoms with Crippen molar-refractivity contribution in [2.75, 3.05) is 14.1 Å². The number of carbonyl (C=O) groups is 1. The normalized spacial score (nSPS) is 12.8. The molecule has 0 amide bonds. The minimum atomic E-state index is -0.204. The van der Waals surface area contributed by atoms with Crippen molar-refractivity contribution in [3.8, 4) is 0 Å². The molecule has 0 radical (unpaired) electrons. The maximum absolute atomic E-state index is 13.6. The zero-order chi connectivity index (χ0) is 12.1. The molecule has 0 spiro atoms. The van der Waals surface area contributed by atoms with E-state index in [9.17, 15) is 9.18 Å². The highest BCUT2D eigenvalue weighted by Gasteiger charge is 2.17. The Balaban J connectivity index is 2.85. The second-order valence-electron chi connectivity index (χ2n) is 4.24. The number of benzene rings is 1. The molecular weight excluding hydrogens is 205 g/mol. The molecule has 1 aromatic rings. The van der Waals surface area contributed by atoms with E-state index < -0.39 is 0 Å². The SMILES string of the molecule is CC(=O)CCC(c1ccccc1F)N(C)C. The highest BCUT2D eigenvalue weighted by molar-refractivity contribution is 5.75. The fourth-order valence-electron chi connectivity index (χ4n) is 1.78. The van der Waals surface area contributed by atoms with E-state index in [2.05, 4.69) is 0 Å². The van der Waals surface area contributed by atoms with Crippen LogP contribution in [0.1, 0.15) is 31.4 Å². The van der Waals surface area contributed by atoms with Crippen molar-refractivity contribution >= 4 is 5.78 Å². The first-order chi connectivity index (χ1) is 7.52. The molecule has 0 N–H and O–H groups in total. The Morgan fingerprint density at radius 3 is 2.50 bits per heavy atom. The van der Waals surface area contributed by atoms with Gasteiger partial charge in [-0.1, -0.05) is 18.2 Å². The van der Waals surface area contributed by atoms with Gasteiger partial charge in [0, 0.05) is 18.0 Å². The van der Waals surface area contributed by atoms with E-state index in [1.54, 1.807) is 19.1 Å². The average Bonchev–Trinajstić information content (AvgIpc) is 2.20. The minimum absolute atomic E-state index is 0.0369. The zero-order valence-electron chi connectivity index (χ0n) is 10.0. The second-order valence-corrected chi connectivity index (χ2v) is 4.24. The average molecular weight is 223 g/mol. The molecule has 0 bridgehead atoms. The van der Waals surface area contributed by atoms with Crippen LogP contribution < -0.4 is 0 Å². The third-order valence-corrected chi connectivity index (χ3v) is 2.66. The smallest absolute Gasteiger partial charge is 0.129 e. The van der Waals surface area contributed by atoms with Crippen molar-refractivity contribution < 1.29 is 9.18 Å². The number of nitrogens with zero attached hydrogens (tertiary/aromatic N) is 1. The van der Waals surface area contributed by atoms with Crippen LogP contribution in [0.25, 0.3) is 0 Å². The standard InChI is InChI=1S/C13H18FNO/c1-10(16)8-9-13(15(2)3)11-6-4-5-7-12(11)14/h4-7,13H,8-9H2,1-3H3. The molecule has 0 saturated heterocycles. The summed E-state index contributed by atoms with van der Waals surface area (Å²) in [6, 6.07) is 6.70. The van der Waals surface area contributed by atoms with Gasteiger partial charge in [-0.25, -0.2) is 4.39 Å². The molecule has 3 heteroatoms. The lowest BCUT2D eigenvalue weighted by Crippen LogP contribution is -2.21. The van der Waals surface area contributed by atoms with Crippen LogP contribution in [0.2, 0.25) is 0 Å². The van der Waals surface area contributed by atoms with Crippen LogP contribution >= 0.6 is 0 Å². The lowest BCUT2D eigenvalue weighted by atomic mass is 9.99. The number of hydrogen-bond donors (Lipinski definition) is 0. The molecule has 0 fully saturated rings. The maximum atomic E-state index is 13.6. The molecule has 1 atom stereocenters. The van der Waals surface area contributed by atoms with Gasteiger partial charge >= 0.3 is 0 Å². The molecule has 2 nitrogen and oxygen atoms in total. The molecule has 0 aliphatic heterocycles. The predicted octanol–water partition coefficient (Wildman–Crippen LogP) is 2.80. The summed E-state index contributed by atoms with van der Waals surface area (Å²) in [5.41, 5.74) is 0.661. The van der Waals surface area contributed by atoms with E-state index in [1.807, 2.05) is 25.1 Å². The van der Waals surface area contributed by atoms with Gasteiger partial charge in [0.15, 0.2) is 0 Å². The van der Waals surface area contributed by atoms with Crippen LogP contribution in [0.15, 0.2) is 24.3 Å². The van der Waals surface area contributed by atoms with Crippen molar-refractivity contribution in [2.24, 2.45) is 0 Å². The van der Waals surface area contributed by atoms with Gasteiger partial charge in [-0.05, 0) is 33.5 Å². The van der Waals surface area contributed by atoms with Crippen molar-refractivity contribution in [1.82, 2.24) is 4.90 Å². The van der Waals surface area contributed by atoms with E-state index >= 15 is 0 Å². The Morgan fingerprint density at radius 2 is 2.00 bits per heavy atom. The first-order valence-electron chi connectivity index (χ1n) is 5.42. The van der Waals surface area contributed by atoms with E-state index in [0.717, 1.165) is 0 Å². The van der Waals surface area contributed by atoms with Crippen LogP contribution in [0.4, 0.5) is 4.39 Å². The number of rotatable bonds is 5. The molecule has 1 aromatic carbocycles. The summed E-state index contributed by atoms with van der Waals surface area (Å²) in [7, 11) is 3.80. The van der Waals surface area contributed by atoms with Gasteiger partial charge in [0.05, 0.1) is 0 Å². The van der Waals surface area contributed by atoms with Crippen LogP contribution in [0.5, 0.6) is 0 Å². The first kappa shape index (κ1) is 12.8. The summed E-state index contributed by atoms with van der Waals surface area (Å²) in [5.74, 6) is -0.0621. The van der Waals surface area contributed by atoms with Gasteiger partial charge < -0.3 is 9.69 Å². The fraction of sp³-hybridized carbons (Fsp3) is 0.462. The molecular formula is C13H18FNO. The third-order valence-electron chi connectivity index (χ3n) is 2.66. The van der Waals surface area contributed by atoms with E-state index in [4.69, 9.17) is 0 Å². The number of halogens is 1. The molecule has 1 rings (SSSR count). The Morgan fingerprint density at radius 1 is 1.38 bits per heavy atom. The van der Waals surface area contributed by atoms with Gasteiger partial charge in [0.25, 0.3) is 0 Å².